The molecule has 0 aromatic heterocycles. The first-order valence-corrected chi connectivity index (χ1v) is 19.8. The number of esters is 1. The molecule has 52 heavy (non-hydrogen) atoms. The van der Waals surface area contributed by atoms with E-state index in [1.807, 2.05) is 0 Å². The maximum absolute atomic E-state index is 13.8. The van der Waals surface area contributed by atoms with Crippen LogP contribution in [0, 0.1) is 5.92 Å². The molecule has 0 saturated carbocycles. The molecule has 0 aromatic rings. The smallest absolute Gasteiger partial charge is 0.308 e. The first kappa shape index (κ1) is 36.2. The molecule has 0 aliphatic carbocycles. The lowest BCUT2D eigenvalue weighted by molar-refractivity contribution is -0.293. The Balaban J connectivity index is 0.994. The Bertz CT molecular complexity index is 1380. The minimum atomic E-state index is -1.01. The van der Waals surface area contributed by atoms with Crippen LogP contribution >= 0.6 is 0 Å². The average molecular weight is 733 g/mol. The first-order chi connectivity index (χ1) is 25.1. The van der Waals surface area contributed by atoms with E-state index in [0.717, 1.165) is 43.3 Å². The summed E-state index contributed by atoms with van der Waals surface area (Å²) in [6.07, 6.45) is 1.15. The lowest BCUT2D eigenvalue weighted by Gasteiger charge is -2.47. The zero-order valence-corrected chi connectivity index (χ0v) is 30.4. The van der Waals surface area contributed by atoms with Crippen molar-refractivity contribution in [3.05, 3.63) is 24.3 Å². The number of hydrogen-bond acceptors (Lipinski definition) is 13. The molecule has 1 spiro atoms. The van der Waals surface area contributed by atoms with E-state index >= 15 is 0 Å². The molecular weight excluding hydrogens is 676 g/mol. The van der Waals surface area contributed by atoms with E-state index in [-0.39, 0.29) is 79.8 Å². The van der Waals surface area contributed by atoms with Gasteiger partial charge in [-0.1, -0.05) is 20.1 Å². The summed E-state index contributed by atoms with van der Waals surface area (Å²) in [7, 11) is 1.55. The number of carbonyl (C=O) groups is 1. The minimum absolute atomic E-state index is 0.0122. The molecule has 19 atom stereocenters. The van der Waals surface area contributed by atoms with Crippen LogP contribution in [-0.4, -0.2) is 139 Å². The summed E-state index contributed by atoms with van der Waals surface area (Å²) in [5.74, 6) is -1.01. The van der Waals surface area contributed by atoms with E-state index in [2.05, 4.69) is 20.1 Å². The predicted molar refractivity (Wildman–Crippen MR) is 181 cm³/mol. The van der Waals surface area contributed by atoms with Crippen molar-refractivity contribution < 1.29 is 62.4 Å². The molecule has 10 aliphatic rings. The van der Waals surface area contributed by atoms with Gasteiger partial charge in [-0.05, 0) is 62.0 Å². The van der Waals surface area contributed by atoms with Crippen LogP contribution in [-0.2, 0) is 52.2 Å². The quantitative estimate of drug-likeness (QED) is 0.323. The third kappa shape index (κ3) is 6.53. The number of carbonyl (C=O) groups excluding carboxylic acids is 1. The van der Waals surface area contributed by atoms with Crippen LogP contribution in [0.2, 0.25) is 0 Å². The standard InChI is InChI=1S/C39H56O13/c1-18-11-22-5-7-25-19(2)12-24(44-25)9-10-39-16-30-35(51-39)36-37(49-30)38(52-39)33-26(48-36)8-6-23(46-33)14-31(42)50-34-29(15-27(45-22)20(18)3)47-28(32(34)43-4)13-21(41)17-40/h18,21-30,32-38,40-41H,2-3,5-17H2,1,4H3/t18-,21-,22+,23-,24+,25+,26+,27-,28+,29+,30+,32+,33+,34+,35+,36?,37-,38+,39+/m1/s1. The van der Waals surface area contributed by atoms with Crippen molar-refractivity contribution in [2.75, 3.05) is 13.7 Å². The second kappa shape index (κ2) is 14.2. The Morgan fingerprint density at radius 2 is 1.54 bits per heavy atom. The van der Waals surface area contributed by atoms with Gasteiger partial charge in [0.2, 0.25) is 0 Å². The van der Waals surface area contributed by atoms with Gasteiger partial charge in [-0.25, -0.2) is 0 Å². The van der Waals surface area contributed by atoms with Gasteiger partial charge in [0.05, 0.1) is 68.0 Å². The van der Waals surface area contributed by atoms with Gasteiger partial charge < -0.3 is 57.6 Å². The lowest BCUT2D eigenvalue weighted by Crippen LogP contribution is -2.61. The van der Waals surface area contributed by atoms with E-state index < -0.39 is 61.1 Å². The molecule has 10 heterocycles. The SMILES string of the molecule is C=C1C[C@@H]2CC[C@@]34C[C@@H]5O[C@@H]6C(O[C@H]7CC[C@H](CC(=O)O[C@@H]8[C@@H](OC)[C@H](C[C@@H](O)CO)O[C@H]8C[C@H]8O[C@@H](CC[C@@H]1O2)C[C@@H](C)C8=C)O[C@@H]7[C@@H]6O3)[C@H]5O4. The summed E-state index contributed by atoms with van der Waals surface area (Å²) in [4.78, 5) is 13.8. The normalized spacial score (nSPS) is 52.2. The van der Waals surface area contributed by atoms with Crippen molar-refractivity contribution in [1.29, 1.82) is 0 Å². The van der Waals surface area contributed by atoms with Crippen molar-refractivity contribution in [1.82, 2.24) is 0 Å². The summed E-state index contributed by atoms with van der Waals surface area (Å²) < 4.78 is 65.6. The zero-order chi connectivity index (χ0) is 35.9. The van der Waals surface area contributed by atoms with Gasteiger partial charge in [-0.3, -0.25) is 4.79 Å². The van der Waals surface area contributed by atoms with Gasteiger partial charge >= 0.3 is 5.97 Å². The van der Waals surface area contributed by atoms with E-state index in [0.29, 0.717) is 32.1 Å². The molecule has 10 saturated heterocycles. The zero-order valence-electron chi connectivity index (χ0n) is 30.4. The van der Waals surface area contributed by atoms with Crippen LogP contribution in [0.15, 0.2) is 24.3 Å². The van der Waals surface area contributed by atoms with Crippen LogP contribution in [0.3, 0.4) is 0 Å². The highest BCUT2D eigenvalue weighted by Crippen LogP contribution is 2.54. The first-order valence-electron chi connectivity index (χ1n) is 19.8. The Hall–Kier alpha value is -1.49. The highest BCUT2D eigenvalue weighted by atomic mass is 16.8. The van der Waals surface area contributed by atoms with Crippen molar-refractivity contribution >= 4 is 5.97 Å². The largest absolute Gasteiger partial charge is 0.457 e. The maximum atomic E-state index is 13.8. The van der Waals surface area contributed by atoms with E-state index in [1.165, 1.54) is 0 Å². The van der Waals surface area contributed by atoms with Crippen LogP contribution in [0.4, 0.5) is 0 Å². The fourth-order valence-corrected chi connectivity index (χ4v) is 10.8. The highest BCUT2D eigenvalue weighted by Gasteiger charge is 2.68. The average Bonchev–Trinajstić information content (AvgIpc) is 3.79. The van der Waals surface area contributed by atoms with E-state index in [4.69, 9.17) is 47.4 Å². The fraction of sp³-hybridized carbons (Fsp3) is 0.872. The van der Waals surface area contributed by atoms with Gasteiger partial charge in [0.1, 0.15) is 42.7 Å². The van der Waals surface area contributed by atoms with Gasteiger partial charge in [-0.15, -0.1) is 0 Å². The Morgan fingerprint density at radius 1 is 0.788 bits per heavy atom. The monoisotopic (exact) mass is 732 g/mol. The predicted octanol–water partition coefficient (Wildman–Crippen LogP) is 2.81. The Labute approximate surface area is 305 Å². The van der Waals surface area contributed by atoms with Crippen molar-refractivity contribution in [2.45, 2.75) is 194 Å². The van der Waals surface area contributed by atoms with Crippen LogP contribution < -0.4 is 0 Å². The molecule has 10 aliphatic heterocycles. The molecule has 0 amide bonds. The summed E-state index contributed by atoms with van der Waals surface area (Å²) in [5.41, 5.74) is 2.10. The second-order valence-corrected chi connectivity index (χ2v) is 16.9. The third-order valence-electron chi connectivity index (χ3n) is 13.5. The molecule has 10 fully saturated rings. The number of hydrogen-bond donors (Lipinski definition) is 2. The summed E-state index contributed by atoms with van der Waals surface area (Å²) in [6.45, 7) is 10.6. The van der Waals surface area contributed by atoms with Crippen molar-refractivity contribution in [3.63, 3.8) is 0 Å². The molecule has 10 rings (SSSR count). The Morgan fingerprint density at radius 3 is 2.37 bits per heavy atom. The van der Waals surface area contributed by atoms with Gasteiger partial charge in [0, 0.05) is 32.8 Å². The number of fused-ring (bicyclic) bond motifs is 6. The third-order valence-corrected chi connectivity index (χ3v) is 13.5. The van der Waals surface area contributed by atoms with E-state index in [1.54, 1.807) is 7.11 Å². The molecule has 2 N–H and O–H groups in total. The molecular formula is C39H56O13. The number of rotatable bonds is 4. The molecule has 0 radical (unpaired) electrons. The van der Waals surface area contributed by atoms with Gasteiger partial charge in [0.15, 0.2) is 11.9 Å². The minimum Gasteiger partial charge on any atom is -0.457 e. The lowest BCUT2D eigenvalue weighted by atomic mass is 9.84. The van der Waals surface area contributed by atoms with Gasteiger partial charge in [0.25, 0.3) is 0 Å². The highest BCUT2D eigenvalue weighted by molar-refractivity contribution is 5.70. The molecule has 13 heteroatoms. The second-order valence-electron chi connectivity index (χ2n) is 16.9. The summed E-state index contributed by atoms with van der Waals surface area (Å²) in [5, 5.41) is 20.0. The van der Waals surface area contributed by atoms with Crippen LogP contribution in [0.1, 0.15) is 84.0 Å². The maximum Gasteiger partial charge on any atom is 0.308 e. The summed E-state index contributed by atoms with van der Waals surface area (Å²) >= 11 is 0. The van der Waals surface area contributed by atoms with Crippen molar-refractivity contribution in [3.8, 4) is 0 Å². The number of aliphatic hydroxyl groups excluding tert-OH is 2. The topological polar surface area (TPSA) is 150 Å². The van der Waals surface area contributed by atoms with Crippen LogP contribution in [0.5, 0.6) is 0 Å². The van der Waals surface area contributed by atoms with Crippen molar-refractivity contribution in [2.24, 2.45) is 5.92 Å². The molecule has 13 nitrogen and oxygen atoms in total. The molecule has 1 unspecified atom stereocenters. The number of aliphatic hydroxyl groups is 2. The molecule has 0 aromatic carbocycles. The van der Waals surface area contributed by atoms with E-state index in [9.17, 15) is 15.0 Å². The Kier molecular flexibility index (Phi) is 9.89. The van der Waals surface area contributed by atoms with Gasteiger partial charge in [-0.2, -0.15) is 0 Å². The summed E-state index contributed by atoms with van der Waals surface area (Å²) in [6, 6.07) is 0. The fourth-order valence-electron chi connectivity index (χ4n) is 10.8. The number of ether oxygens (including phenoxy) is 10. The molecule has 290 valence electrons. The molecule has 12 bridgehead atoms. The number of methoxy groups -OCH3 is 1. The van der Waals surface area contributed by atoms with Crippen LogP contribution in [0.25, 0.3) is 0 Å².